The molecule has 0 radical (unpaired) electrons. The average molecular weight is 326 g/mol. The van der Waals surface area contributed by atoms with Crippen molar-refractivity contribution in [3.05, 3.63) is 54.3 Å². The van der Waals surface area contributed by atoms with E-state index in [4.69, 9.17) is 9.47 Å². The topological polar surface area (TPSA) is 43.4 Å². The van der Waals surface area contributed by atoms with Crippen LogP contribution in [0.25, 0.3) is 10.9 Å². The van der Waals surface area contributed by atoms with Crippen molar-refractivity contribution in [2.24, 2.45) is 0 Å². The summed E-state index contributed by atoms with van der Waals surface area (Å²) >= 11 is 0. The molecule has 0 unspecified atom stereocenters. The molecule has 0 fully saturated rings. The number of rotatable bonds is 6. The lowest BCUT2D eigenvalue weighted by molar-refractivity contribution is 0.288. The van der Waals surface area contributed by atoms with Crippen LogP contribution in [0.4, 0.5) is 15.9 Å². The maximum absolute atomic E-state index is 13.3. The molecule has 0 amide bonds. The van der Waals surface area contributed by atoms with E-state index in [9.17, 15) is 4.39 Å². The summed E-state index contributed by atoms with van der Waals surface area (Å²) in [6, 6.07) is 13.9. The molecule has 0 aliphatic heterocycles. The molecule has 1 aromatic heterocycles. The van der Waals surface area contributed by atoms with Gasteiger partial charge in [-0.3, -0.25) is 0 Å². The van der Waals surface area contributed by atoms with Gasteiger partial charge in [-0.05, 0) is 50.2 Å². The van der Waals surface area contributed by atoms with E-state index in [0.717, 1.165) is 10.9 Å². The Hall–Kier alpha value is -2.82. The van der Waals surface area contributed by atoms with Crippen molar-refractivity contribution < 1.29 is 13.9 Å². The number of hydrogen-bond acceptors (Lipinski definition) is 4. The molecule has 0 spiro atoms. The van der Waals surface area contributed by atoms with Gasteiger partial charge in [-0.2, -0.15) is 0 Å². The molecular formula is C19H19FN2O2. The van der Waals surface area contributed by atoms with Gasteiger partial charge in [0.15, 0.2) is 11.5 Å². The van der Waals surface area contributed by atoms with Crippen LogP contribution in [0, 0.1) is 5.82 Å². The molecule has 1 heterocycles. The third kappa shape index (κ3) is 3.56. The molecule has 0 bridgehead atoms. The molecule has 0 saturated carbocycles. The van der Waals surface area contributed by atoms with E-state index in [2.05, 4.69) is 10.3 Å². The van der Waals surface area contributed by atoms with E-state index in [0.29, 0.717) is 36.2 Å². The highest BCUT2D eigenvalue weighted by atomic mass is 19.1. The predicted molar refractivity (Wildman–Crippen MR) is 93.8 cm³/mol. The standard InChI is InChI=1S/C19H19FN2O2/c1-3-23-17-10-13-8-9-19(21-15-7-5-6-14(20)11-15)22-16(13)12-18(17)24-4-2/h5-12H,3-4H2,1-2H3,(H,21,22). The number of ether oxygens (including phenoxy) is 2. The quantitative estimate of drug-likeness (QED) is 0.698. The smallest absolute Gasteiger partial charge is 0.163 e. The third-order valence-electron chi connectivity index (χ3n) is 3.45. The van der Waals surface area contributed by atoms with Crippen molar-refractivity contribution in [3.63, 3.8) is 0 Å². The second-order valence-electron chi connectivity index (χ2n) is 5.19. The van der Waals surface area contributed by atoms with Crippen molar-refractivity contribution in [1.29, 1.82) is 0 Å². The monoisotopic (exact) mass is 326 g/mol. The van der Waals surface area contributed by atoms with Crippen molar-refractivity contribution in [1.82, 2.24) is 4.98 Å². The van der Waals surface area contributed by atoms with E-state index < -0.39 is 0 Å². The van der Waals surface area contributed by atoms with Gasteiger partial charge in [0.1, 0.15) is 11.6 Å². The molecule has 0 aliphatic rings. The van der Waals surface area contributed by atoms with Crippen molar-refractivity contribution in [3.8, 4) is 11.5 Å². The number of hydrogen-bond donors (Lipinski definition) is 1. The predicted octanol–water partition coefficient (Wildman–Crippen LogP) is 4.91. The van der Waals surface area contributed by atoms with Crippen LogP contribution in [0.2, 0.25) is 0 Å². The second kappa shape index (κ2) is 7.17. The van der Waals surface area contributed by atoms with Crippen LogP contribution in [0.5, 0.6) is 11.5 Å². The van der Waals surface area contributed by atoms with Crippen LogP contribution < -0.4 is 14.8 Å². The zero-order chi connectivity index (χ0) is 16.9. The summed E-state index contributed by atoms with van der Waals surface area (Å²) in [6.07, 6.45) is 0. The summed E-state index contributed by atoms with van der Waals surface area (Å²) in [4.78, 5) is 4.58. The lowest BCUT2D eigenvalue weighted by Gasteiger charge is -2.13. The average Bonchev–Trinajstić information content (AvgIpc) is 2.56. The first-order valence-electron chi connectivity index (χ1n) is 7.92. The molecule has 0 atom stereocenters. The fourth-order valence-electron chi connectivity index (χ4n) is 2.45. The summed E-state index contributed by atoms with van der Waals surface area (Å²) < 4.78 is 24.5. The summed E-state index contributed by atoms with van der Waals surface area (Å²) in [5, 5.41) is 4.06. The normalized spacial score (nSPS) is 10.6. The van der Waals surface area contributed by atoms with Gasteiger partial charge in [-0.25, -0.2) is 9.37 Å². The number of nitrogens with one attached hydrogen (secondary N) is 1. The molecular weight excluding hydrogens is 307 g/mol. The number of anilines is 2. The van der Waals surface area contributed by atoms with Crippen LogP contribution >= 0.6 is 0 Å². The van der Waals surface area contributed by atoms with Crippen molar-refractivity contribution >= 4 is 22.4 Å². The first-order valence-corrected chi connectivity index (χ1v) is 7.92. The zero-order valence-corrected chi connectivity index (χ0v) is 13.7. The minimum Gasteiger partial charge on any atom is -0.490 e. The van der Waals surface area contributed by atoms with Gasteiger partial charge >= 0.3 is 0 Å². The van der Waals surface area contributed by atoms with Gasteiger partial charge in [0.2, 0.25) is 0 Å². The van der Waals surface area contributed by atoms with E-state index in [1.54, 1.807) is 12.1 Å². The van der Waals surface area contributed by atoms with E-state index in [-0.39, 0.29) is 5.82 Å². The highest BCUT2D eigenvalue weighted by Crippen LogP contribution is 2.33. The van der Waals surface area contributed by atoms with Crippen LogP contribution in [0.15, 0.2) is 48.5 Å². The minimum absolute atomic E-state index is 0.291. The maximum atomic E-state index is 13.3. The summed E-state index contributed by atoms with van der Waals surface area (Å²) in [5.41, 5.74) is 1.43. The molecule has 5 heteroatoms. The number of benzene rings is 2. The third-order valence-corrected chi connectivity index (χ3v) is 3.45. The first kappa shape index (κ1) is 16.1. The van der Waals surface area contributed by atoms with Crippen LogP contribution in [-0.4, -0.2) is 18.2 Å². The lowest BCUT2D eigenvalue weighted by Crippen LogP contribution is -1.99. The first-order chi connectivity index (χ1) is 11.7. The number of aromatic nitrogens is 1. The number of nitrogens with zero attached hydrogens (tertiary/aromatic N) is 1. The number of fused-ring (bicyclic) bond motifs is 1. The van der Waals surface area contributed by atoms with Crippen molar-refractivity contribution in [2.45, 2.75) is 13.8 Å². The Morgan fingerprint density at radius 1 is 0.958 bits per heavy atom. The Morgan fingerprint density at radius 2 is 1.71 bits per heavy atom. The van der Waals surface area contributed by atoms with Gasteiger partial charge in [0.05, 0.1) is 18.7 Å². The Morgan fingerprint density at radius 3 is 2.42 bits per heavy atom. The molecule has 2 aromatic carbocycles. The maximum Gasteiger partial charge on any atom is 0.163 e. The molecule has 0 aliphatic carbocycles. The number of halogens is 1. The molecule has 0 saturated heterocycles. The highest BCUT2D eigenvalue weighted by molar-refractivity contribution is 5.84. The number of pyridine rings is 1. The minimum atomic E-state index is -0.291. The fraction of sp³-hybridized carbons (Fsp3) is 0.211. The van der Waals surface area contributed by atoms with Gasteiger partial charge in [0, 0.05) is 17.1 Å². The van der Waals surface area contributed by atoms with Crippen LogP contribution in [0.1, 0.15) is 13.8 Å². The SMILES string of the molecule is CCOc1cc2ccc(Nc3cccc(F)c3)nc2cc1OCC. The molecule has 24 heavy (non-hydrogen) atoms. The van der Waals surface area contributed by atoms with Crippen LogP contribution in [0.3, 0.4) is 0 Å². The molecule has 3 rings (SSSR count). The largest absolute Gasteiger partial charge is 0.490 e. The Balaban J connectivity index is 1.96. The molecule has 3 aromatic rings. The zero-order valence-electron chi connectivity index (χ0n) is 13.7. The van der Waals surface area contributed by atoms with Gasteiger partial charge < -0.3 is 14.8 Å². The highest BCUT2D eigenvalue weighted by Gasteiger charge is 2.09. The van der Waals surface area contributed by atoms with E-state index in [1.165, 1.54) is 12.1 Å². The van der Waals surface area contributed by atoms with Crippen LogP contribution in [-0.2, 0) is 0 Å². The summed E-state index contributed by atoms with van der Waals surface area (Å²) in [5.74, 6) is 1.72. The molecule has 1 N–H and O–H groups in total. The van der Waals surface area contributed by atoms with Crippen molar-refractivity contribution in [2.75, 3.05) is 18.5 Å². The Bertz CT molecular complexity index is 852. The lowest BCUT2D eigenvalue weighted by atomic mass is 10.2. The molecule has 124 valence electrons. The van der Waals surface area contributed by atoms with E-state index >= 15 is 0 Å². The van der Waals surface area contributed by atoms with Gasteiger partial charge in [0.25, 0.3) is 0 Å². The Kier molecular flexibility index (Phi) is 4.79. The summed E-state index contributed by atoms with van der Waals surface area (Å²) in [6.45, 7) is 4.98. The van der Waals surface area contributed by atoms with E-state index in [1.807, 2.05) is 38.1 Å². The second-order valence-corrected chi connectivity index (χ2v) is 5.19. The van der Waals surface area contributed by atoms with Gasteiger partial charge in [-0.1, -0.05) is 6.07 Å². The summed E-state index contributed by atoms with van der Waals surface area (Å²) in [7, 11) is 0. The fourth-order valence-corrected chi connectivity index (χ4v) is 2.45. The Labute approximate surface area is 140 Å². The van der Waals surface area contributed by atoms with Gasteiger partial charge in [-0.15, -0.1) is 0 Å². The molecule has 4 nitrogen and oxygen atoms in total.